The molecule has 0 saturated heterocycles. The lowest BCUT2D eigenvalue weighted by Gasteiger charge is -2.20. The molecule has 7 heteroatoms. The van der Waals surface area contributed by atoms with E-state index in [1.807, 2.05) is 0 Å². The maximum absolute atomic E-state index is 12.1. The summed E-state index contributed by atoms with van der Waals surface area (Å²) < 4.78 is 32.1. The van der Waals surface area contributed by atoms with Crippen molar-refractivity contribution in [3.8, 4) is 5.75 Å². The molecule has 6 nitrogen and oxygen atoms in total. The summed E-state index contributed by atoms with van der Waals surface area (Å²) in [5.74, 6) is 0.889. The van der Waals surface area contributed by atoms with Gasteiger partial charge in [0, 0.05) is 12.5 Å². The molecular formula is C18H28N2O4S. The molecule has 140 valence electrons. The van der Waals surface area contributed by atoms with Crippen LogP contribution in [0, 0.1) is 12.8 Å². The Morgan fingerprint density at radius 3 is 2.60 bits per heavy atom. The van der Waals surface area contributed by atoms with E-state index in [-0.39, 0.29) is 16.7 Å². The summed E-state index contributed by atoms with van der Waals surface area (Å²) in [5, 5.41) is 2.92. The maximum atomic E-state index is 12.1. The molecule has 1 amide bonds. The number of rotatable bonds is 8. The summed E-state index contributed by atoms with van der Waals surface area (Å²) in [7, 11) is -3.46. The number of nitrogens with one attached hydrogen (secondary N) is 2. The zero-order valence-corrected chi connectivity index (χ0v) is 15.8. The Morgan fingerprint density at radius 2 is 1.96 bits per heavy atom. The quantitative estimate of drug-likeness (QED) is 0.690. The Labute approximate surface area is 150 Å². The summed E-state index contributed by atoms with van der Waals surface area (Å²) in [6.07, 6.45) is 5.46. The Hall–Kier alpha value is -1.60. The molecule has 0 aliphatic heterocycles. The van der Waals surface area contributed by atoms with Gasteiger partial charge in [-0.15, -0.1) is 0 Å². The first-order valence-electron chi connectivity index (χ1n) is 8.95. The molecule has 1 aliphatic rings. The van der Waals surface area contributed by atoms with Gasteiger partial charge in [0.05, 0.1) is 11.4 Å². The monoisotopic (exact) mass is 368 g/mol. The normalized spacial score (nSPS) is 15.8. The highest BCUT2D eigenvalue weighted by molar-refractivity contribution is 7.89. The Bertz CT molecular complexity index is 682. The smallest absolute Gasteiger partial charge is 0.240 e. The molecule has 25 heavy (non-hydrogen) atoms. The average molecular weight is 368 g/mol. The predicted octanol–water partition coefficient (Wildman–Crippen LogP) is 2.37. The first-order chi connectivity index (χ1) is 11.9. The molecule has 1 saturated carbocycles. The van der Waals surface area contributed by atoms with E-state index in [4.69, 9.17) is 4.74 Å². The number of sulfonamides is 1. The topological polar surface area (TPSA) is 84.5 Å². The minimum absolute atomic E-state index is 0.118. The number of hydrogen-bond acceptors (Lipinski definition) is 4. The fourth-order valence-electron chi connectivity index (χ4n) is 3.07. The first-order valence-corrected chi connectivity index (χ1v) is 10.4. The van der Waals surface area contributed by atoms with Crippen molar-refractivity contribution >= 4 is 15.9 Å². The second-order valence-corrected chi connectivity index (χ2v) is 8.17. The van der Waals surface area contributed by atoms with Gasteiger partial charge in [0.1, 0.15) is 12.4 Å². The predicted molar refractivity (Wildman–Crippen MR) is 97.1 cm³/mol. The third kappa shape index (κ3) is 5.71. The van der Waals surface area contributed by atoms with Crippen molar-refractivity contribution in [2.75, 3.05) is 19.7 Å². The van der Waals surface area contributed by atoms with Crippen LogP contribution in [0.5, 0.6) is 5.75 Å². The number of ether oxygens (including phenoxy) is 1. The van der Waals surface area contributed by atoms with Gasteiger partial charge in [-0.25, -0.2) is 13.1 Å². The lowest BCUT2D eigenvalue weighted by atomic mass is 9.89. The molecule has 1 fully saturated rings. The highest BCUT2D eigenvalue weighted by Gasteiger charge is 2.20. The van der Waals surface area contributed by atoms with Gasteiger partial charge in [0.25, 0.3) is 0 Å². The number of carbonyl (C=O) groups excluding carboxylic acids is 1. The van der Waals surface area contributed by atoms with Crippen LogP contribution in [0.2, 0.25) is 0 Å². The van der Waals surface area contributed by atoms with E-state index in [2.05, 4.69) is 10.0 Å². The second kappa shape index (κ2) is 9.20. The van der Waals surface area contributed by atoms with Gasteiger partial charge in [-0.05, 0) is 43.5 Å². The SMILES string of the molecule is CCNS(=O)(=O)c1ccc(OCCNC(=O)C2CCCCC2)c(C)c1. The van der Waals surface area contributed by atoms with Crippen LogP contribution in [0.25, 0.3) is 0 Å². The van der Waals surface area contributed by atoms with Crippen molar-refractivity contribution < 1.29 is 17.9 Å². The summed E-state index contributed by atoms with van der Waals surface area (Å²) in [6.45, 7) is 4.70. The Morgan fingerprint density at radius 1 is 1.24 bits per heavy atom. The van der Waals surface area contributed by atoms with E-state index in [0.717, 1.165) is 31.2 Å². The lowest BCUT2D eigenvalue weighted by molar-refractivity contribution is -0.126. The third-order valence-electron chi connectivity index (χ3n) is 4.43. The van der Waals surface area contributed by atoms with Gasteiger partial charge in [-0.1, -0.05) is 26.2 Å². The van der Waals surface area contributed by atoms with Crippen LogP contribution in [-0.4, -0.2) is 34.0 Å². The lowest BCUT2D eigenvalue weighted by Crippen LogP contribution is -2.34. The molecule has 0 unspecified atom stereocenters. The molecule has 1 aliphatic carbocycles. The summed E-state index contributed by atoms with van der Waals surface area (Å²) >= 11 is 0. The van der Waals surface area contributed by atoms with Crippen molar-refractivity contribution in [2.45, 2.75) is 50.8 Å². The third-order valence-corrected chi connectivity index (χ3v) is 5.97. The number of amides is 1. The van der Waals surface area contributed by atoms with E-state index < -0.39 is 10.0 Å². The zero-order valence-electron chi connectivity index (χ0n) is 15.0. The molecule has 0 atom stereocenters. The fraction of sp³-hybridized carbons (Fsp3) is 0.611. The van der Waals surface area contributed by atoms with E-state index in [1.165, 1.54) is 12.5 Å². The molecule has 0 aromatic heterocycles. The fourth-order valence-corrected chi connectivity index (χ4v) is 4.19. The van der Waals surface area contributed by atoms with Crippen LogP contribution in [0.4, 0.5) is 0 Å². The van der Waals surface area contributed by atoms with E-state index in [0.29, 0.717) is 25.4 Å². The van der Waals surface area contributed by atoms with E-state index >= 15 is 0 Å². The second-order valence-electron chi connectivity index (χ2n) is 6.40. The molecule has 0 spiro atoms. The highest BCUT2D eigenvalue weighted by Crippen LogP contribution is 2.24. The van der Waals surface area contributed by atoms with Gasteiger partial charge in [0.2, 0.25) is 15.9 Å². The standard InChI is InChI=1S/C18H28N2O4S/c1-3-20-25(22,23)16-9-10-17(14(2)13-16)24-12-11-19-18(21)15-7-5-4-6-8-15/h9-10,13,15,20H,3-8,11-12H2,1-2H3,(H,19,21). The summed E-state index contributed by atoms with van der Waals surface area (Å²) in [4.78, 5) is 12.3. The first kappa shape index (κ1) is 19.7. The molecule has 0 radical (unpaired) electrons. The maximum Gasteiger partial charge on any atom is 0.240 e. The molecular weight excluding hydrogens is 340 g/mol. The number of carbonyl (C=O) groups is 1. The number of hydrogen-bond donors (Lipinski definition) is 2. The van der Waals surface area contributed by atoms with E-state index in [9.17, 15) is 13.2 Å². The largest absolute Gasteiger partial charge is 0.491 e. The van der Waals surface area contributed by atoms with Crippen molar-refractivity contribution in [3.63, 3.8) is 0 Å². The van der Waals surface area contributed by atoms with Gasteiger partial charge >= 0.3 is 0 Å². The Balaban J connectivity index is 1.82. The molecule has 2 rings (SSSR count). The molecule has 1 aromatic carbocycles. The molecule has 0 bridgehead atoms. The molecule has 2 N–H and O–H groups in total. The minimum atomic E-state index is -3.46. The van der Waals surface area contributed by atoms with Crippen molar-refractivity contribution in [2.24, 2.45) is 5.92 Å². The van der Waals surface area contributed by atoms with Crippen LogP contribution >= 0.6 is 0 Å². The van der Waals surface area contributed by atoms with Crippen molar-refractivity contribution in [1.29, 1.82) is 0 Å². The minimum Gasteiger partial charge on any atom is -0.491 e. The number of benzene rings is 1. The van der Waals surface area contributed by atoms with Crippen LogP contribution < -0.4 is 14.8 Å². The van der Waals surface area contributed by atoms with Crippen molar-refractivity contribution in [3.05, 3.63) is 23.8 Å². The van der Waals surface area contributed by atoms with Crippen molar-refractivity contribution in [1.82, 2.24) is 10.0 Å². The number of aryl methyl sites for hydroxylation is 1. The molecule has 0 heterocycles. The summed E-state index contributed by atoms with van der Waals surface area (Å²) in [6, 6.07) is 4.78. The van der Waals surface area contributed by atoms with Gasteiger partial charge in [-0.3, -0.25) is 4.79 Å². The van der Waals surface area contributed by atoms with Crippen LogP contribution in [-0.2, 0) is 14.8 Å². The van der Waals surface area contributed by atoms with Gasteiger partial charge < -0.3 is 10.1 Å². The van der Waals surface area contributed by atoms with E-state index in [1.54, 1.807) is 26.0 Å². The highest BCUT2D eigenvalue weighted by atomic mass is 32.2. The zero-order chi connectivity index (χ0) is 18.3. The molecule has 1 aromatic rings. The van der Waals surface area contributed by atoms with Crippen LogP contribution in [0.3, 0.4) is 0 Å². The van der Waals surface area contributed by atoms with Gasteiger partial charge in [-0.2, -0.15) is 0 Å². The summed E-state index contributed by atoms with van der Waals surface area (Å²) in [5.41, 5.74) is 0.748. The van der Waals surface area contributed by atoms with Crippen LogP contribution in [0.15, 0.2) is 23.1 Å². The Kier molecular flexibility index (Phi) is 7.25. The van der Waals surface area contributed by atoms with Gasteiger partial charge in [0.15, 0.2) is 0 Å². The average Bonchev–Trinajstić information content (AvgIpc) is 2.60. The van der Waals surface area contributed by atoms with Crippen LogP contribution in [0.1, 0.15) is 44.6 Å².